The lowest BCUT2D eigenvalue weighted by atomic mass is 9.95. The molecule has 0 spiro atoms. The average molecular weight is 451 g/mol. The molecular weight excluding hydrogens is 420 g/mol. The Bertz CT molecular complexity index is 1010. The number of methoxy groups -OCH3 is 1. The smallest absolute Gasteiger partial charge is 0.233 e. The van der Waals surface area contributed by atoms with Crippen molar-refractivity contribution in [2.75, 3.05) is 19.9 Å². The number of amides is 1. The van der Waals surface area contributed by atoms with E-state index in [-0.39, 0.29) is 5.91 Å². The SMILES string of the molecule is COc1ccc(-c2nnc(SCC(=O)N(C)Cc3ccccc3)n2C2CCCCC2)cc1. The van der Waals surface area contributed by atoms with E-state index in [1.54, 1.807) is 12.0 Å². The molecule has 0 radical (unpaired) electrons. The number of nitrogens with zero attached hydrogens (tertiary/aromatic N) is 4. The summed E-state index contributed by atoms with van der Waals surface area (Å²) in [5, 5.41) is 9.86. The van der Waals surface area contributed by atoms with E-state index in [2.05, 4.69) is 14.8 Å². The van der Waals surface area contributed by atoms with E-state index in [1.165, 1.54) is 31.0 Å². The Morgan fingerprint density at radius 3 is 2.47 bits per heavy atom. The van der Waals surface area contributed by atoms with Crippen LogP contribution < -0.4 is 4.74 Å². The summed E-state index contributed by atoms with van der Waals surface area (Å²) < 4.78 is 7.56. The molecule has 1 fully saturated rings. The maximum atomic E-state index is 12.8. The molecule has 4 rings (SSSR count). The number of ether oxygens (including phenoxy) is 1. The Kier molecular flexibility index (Phi) is 7.47. The lowest BCUT2D eigenvalue weighted by molar-refractivity contribution is -0.127. The van der Waals surface area contributed by atoms with E-state index in [9.17, 15) is 4.79 Å². The number of hydrogen-bond donors (Lipinski definition) is 0. The maximum Gasteiger partial charge on any atom is 0.233 e. The quantitative estimate of drug-likeness (QED) is 0.441. The number of carbonyl (C=O) groups excluding carboxylic acids is 1. The van der Waals surface area contributed by atoms with Gasteiger partial charge in [-0.15, -0.1) is 10.2 Å². The fraction of sp³-hybridized carbons (Fsp3) is 0.400. The molecule has 1 aromatic heterocycles. The van der Waals surface area contributed by atoms with Crippen molar-refractivity contribution < 1.29 is 9.53 Å². The van der Waals surface area contributed by atoms with Gasteiger partial charge < -0.3 is 9.64 Å². The number of rotatable bonds is 8. The van der Waals surface area contributed by atoms with Crippen molar-refractivity contribution in [3.05, 3.63) is 60.2 Å². The van der Waals surface area contributed by atoms with Gasteiger partial charge in [0.05, 0.1) is 12.9 Å². The lowest BCUT2D eigenvalue weighted by Crippen LogP contribution is -2.28. The molecule has 3 aromatic rings. The zero-order chi connectivity index (χ0) is 22.3. The molecule has 1 saturated carbocycles. The van der Waals surface area contributed by atoms with Crippen LogP contribution in [0.2, 0.25) is 0 Å². The van der Waals surface area contributed by atoms with Gasteiger partial charge in [-0.25, -0.2) is 0 Å². The molecule has 7 heteroatoms. The second-order valence-electron chi connectivity index (χ2n) is 8.22. The Balaban J connectivity index is 1.51. The minimum absolute atomic E-state index is 0.0862. The monoisotopic (exact) mass is 450 g/mol. The average Bonchev–Trinajstić information content (AvgIpc) is 3.27. The molecule has 1 amide bonds. The second kappa shape index (κ2) is 10.7. The van der Waals surface area contributed by atoms with Crippen molar-refractivity contribution in [3.63, 3.8) is 0 Å². The van der Waals surface area contributed by atoms with Crippen LogP contribution in [0.3, 0.4) is 0 Å². The highest BCUT2D eigenvalue weighted by Gasteiger charge is 2.24. The molecule has 0 aliphatic heterocycles. The Morgan fingerprint density at radius 2 is 1.78 bits per heavy atom. The molecule has 0 bridgehead atoms. The molecule has 6 nitrogen and oxygen atoms in total. The van der Waals surface area contributed by atoms with Gasteiger partial charge in [0, 0.05) is 25.2 Å². The van der Waals surface area contributed by atoms with E-state index < -0.39 is 0 Å². The molecule has 0 saturated heterocycles. The second-order valence-corrected chi connectivity index (χ2v) is 9.16. The van der Waals surface area contributed by atoms with Gasteiger partial charge in [0.25, 0.3) is 0 Å². The zero-order valence-corrected chi connectivity index (χ0v) is 19.6. The molecule has 0 atom stereocenters. The van der Waals surface area contributed by atoms with Crippen LogP contribution in [-0.2, 0) is 11.3 Å². The summed E-state index contributed by atoms with van der Waals surface area (Å²) in [5.74, 6) is 2.12. The van der Waals surface area contributed by atoms with Gasteiger partial charge in [0.15, 0.2) is 11.0 Å². The summed E-state index contributed by atoms with van der Waals surface area (Å²) >= 11 is 1.48. The summed E-state index contributed by atoms with van der Waals surface area (Å²) in [5.41, 5.74) is 2.14. The van der Waals surface area contributed by atoms with Crippen molar-refractivity contribution in [3.8, 4) is 17.1 Å². The molecule has 32 heavy (non-hydrogen) atoms. The van der Waals surface area contributed by atoms with Gasteiger partial charge in [-0.2, -0.15) is 0 Å². The molecule has 1 heterocycles. The Morgan fingerprint density at radius 1 is 1.06 bits per heavy atom. The Hall–Kier alpha value is -2.80. The fourth-order valence-corrected chi connectivity index (χ4v) is 5.11. The molecular formula is C25H30N4O2S. The van der Waals surface area contributed by atoms with E-state index in [0.717, 1.165) is 40.7 Å². The van der Waals surface area contributed by atoms with Gasteiger partial charge in [-0.1, -0.05) is 61.4 Å². The first kappa shape index (κ1) is 22.4. The van der Waals surface area contributed by atoms with Gasteiger partial charge in [-0.05, 0) is 42.7 Å². The highest BCUT2D eigenvalue weighted by molar-refractivity contribution is 7.99. The summed E-state index contributed by atoms with van der Waals surface area (Å²) in [7, 11) is 3.52. The van der Waals surface area contributed by atoms with Crippen LogP contribution in [0.4, 0.5) is 0 Å². The topological polar surface area (TPSA) is 60.3 Å². The first-order chi connectivity index (χ1) is 15.7. The van der Waals surface area contributed by atoms with Crippen LogP contribution >= 0.6 is 11.8 Å². The lowest BCUT2D eigenvalue weighted by Gasteiger charge is -2.25. The third-order valence-electron chi connectivity index (χ3n) is 5.97. The molecule has 1 aliphatic rings. The number of carbonyl (C=O) groups is 1. The van der Waals surface area contributed by atoms with E-state index in [0.29, 0.717) is 18.3 Å². The third kappa shape index (κ3) is 5.33. The summed E-state index contributed by atoms with van der Waals surface area (Å²) in [6.07, 6.45) is 5.95. The fourth-order valence-electron chi connectivity index (χ4n) is 4.16. The van der Waals surface area contributed by atoms with E-state index in [1.807, 2.05) is 61.6 Å². The number of hydrogen-bond acceptors (Lipinski definition) is 5. The van der Waals surface area contributed by atoms with Gasteiger partial charge in [-0.3, -0.25) is 9.36 Å². The summed E-state index contributed by atoms with van der Waals surface area (Å²) in [4.78, 5) is 14.6. The van der Waals surface area contributed by atoms with E-state index in [4.69, 9.17) is 4.74 Å². The van der Waals surface area contributed by atoms with Crippen LogP contribution in [0.1, 0.15) is 43.7 Å². The van der Waals surface area contributed by atoms with Crippen molar-refractivity contribution >= 4 is 17.7 Å². The number of thioether (sulfide) groups is 1. The van der Waals surface area contributed by atoms with Gasteiger partial charge in [0.2, 0.25) is 5.91 Å². The highest BCUT2D eigenvalue weighted by Crippen LogP contribution is 2.36. The van der Waals surface area contributed by atoms with E-state index >= 15 is 0 Å². The van der Waals surface area contributed by atoms with Crippen molar-refractivity contribution in [1.82, 2.24) is 19.7 Å². The number of aromatic nitrogens is 3. The summed E-state index contributed by atoms with van der Waals surface area (Å²) in [6.45, 7) is 0.604. The van der Waals surface area contributed by atoms with Crippen LogP contribution in [0.5, 0.6) is 5.75 Å². The minimum atomic E-state index is 0.0862. The van der Waals surface area contributed by atoms with Crippen LogP contribution in [0, 0.1) is 0 Å². The summed E-state index contributed by atoms with van der Waals surface area (Å²) in [6, 6.07) is 18.4. The molecule has 0 unspecified atom stereocenters. The standard InChI is InChI=1S/C25H30N4O2S/c1-28(17-19-9-5-3-6-10-19)23(30)18-32-25-27-26-24(20-13-15-22(31-2)16-14-20)29(25)21-11-7-4-8-12-21/h3,5-6,9-10,13-16,21H,4,7-8,11-12,17-18H2,1-2H3. The van der Waals surface area contributed by atoms with Crippen LogP contribution in [0.25, 0.3) is 11.4 Å². The predicted octanol–water partition coefficient (Wildman–Crippen LogP) is 5.21. The largest absolute Gasteiger partial charge is 0.497 e. The normalized spacial score (nSPS) is 14.3. The van der Waals surface area contributed by atoms with Crippen molar-refractivity contribution in [1.29, 1.82) is 0 Å². The molecule has 1 aliphatic carbocycles. The first-order valence-corrected chi connectivity index (χ1v) is 12.1. The van der Waals surface area contributed by atoms with Crippen LogP contribution in [0.15, 0.2) is 59.8 Å². The Labute approximate surface area is 194 Å². The zero-order valence-electron chi connectivity index (χ0n) is 18.7. The number of benzene rings is 2. The molecule has 2 aromatic carbocycles. The van der Waals surface area contributed by atoms with Gasteiger partial charge >= 0.3 is 0 Å². The van der Waals surface area contributed by atoms with Crippen molar-refractivity contribution in [2.45, 2.75) is 49.8 Å². The minimum Gasteiger partial charge on any atom is -0.497 e. The van der Waals surface area contributed by atoms with Gasteiger partial charge in [0.1, 0.15) is 5.75 Å². The van der Waals surface area contributed by atoms with Crippen LogP contribution in [-0.4, -0.2) is 45.5 Å². The highest BCUT2D eigenvalue weighted by atomic mass is 32.2. The third-order valence-corrected chi connectivity index (χ3v) is 6.89. The molecule has 0 N–H and O–H groups in total. The first-order valence-electron chi connectivity index (χ1n) is 11.2. The predicted molar refractivity (Wildman–Crippen MR) is 128 cm³/mol. The maximum absolute atomic E-state index is 12.8. The molecule has 168 valence electrons. The van der Waals surface area contributed by atoms with Crippen molar-refractivity contribution in [2.24, 2.45) is 0 Å².